The monoisotopic (exact) mass is 239 g/mol. The quantitative estimate of drug-likeness (QED) is 0.611. The zero-order valence-corrected chi connectivity index (χ0v) is 10.5. The van der Waals surface area contributed by atoms with Gasteiger partial charge in [-0.25, -0.2) is 9.78 Å². The lowest BCUT2D eigenvalue weighted by Crippen LogP contribution is -1.97. The SMILES string of the molecule is CC(C)CCCSc1cc(C(=O)O)ccn1. The number of aromatic carboxylic acids is 1. The maximum atomic E-state index is 10.7. The lowest BCUT2D eigenvalue weighted by atomic mass is 10.1. The van der Waals surface area contributed by atoms with Crippen LogP contribution in [0.2, 0.25) is 0 Å². The molecule has 0 atom stereocenters. The molecule has 0 unspecified atom stereocenters. The van der Waals surface area contributed by atoms with E-state index in [0.29, 0.717) is 5.56 Å². The van der Waals surface area contributed by atoms with Crippen LogP contribution in [-0.2, 0) is 0 Å². The Morgan fingerprint density at radius 3 is 2.94 bits per heavy atom. The predicted molar refractivity (Wildman–Crippen MR) is 66.0 cm³/mol. The van der Waals surface area contributed by atoms with Gasteiger partial charge in [-0.15, -0.1) is 11.8 Å². The number of carboxylic acids is 1. The number of rotatable bonds is 6. The second-order valence-electron chi connectivity index (χ2n) is 4.07. The minimum atomic E-state index is -0.897. The van der Waals surface area contributed by atoms with Gasteiger partial charge < -0.3 is 5.11 Å². The van der Waals surface area contributed by atoms with Gasteiger partial charge in [0.05, 0.1) is 10.6 Å². The third-order valence-electron chi connectivity index (χ3n) is 2.16. The van der Waals surface area contributed by atoms with Crippen LogP contribution in [0.4, 0.5) is 0 Å². The van der Waals surface area contributed by atoms with Crippen molar-refractivity contribution in [2.24, 2.45) is 5.92 Å². The third-order valence-corrected chi connectivity index (χ3v) is 3.17. The van der Waals surface area contributed by atoms with Crippen LogP contribution < -0.4 is 0 Å². The Morgan fingerprint density at radius 1 is 1.56 bits per heavy atom. The summed E-state index contributed by atoms with van der Waals surface area (Å²) in [5.74, 6) is 0.819. The second-order valence-corrected chi connectivity index (χ2v) is 5.19. The molecule has 1 N–H and O–H groups in total. The van der Waals surface area contributed by atoms with Crippen LogP contribution in [-0.4, -0.2) is 21.8 Å². The average Bonchev–Trinajstić information content (AvgIpc) is 2.24. The van der Waals surface area contributed by atoms with Gasteiger partial charge in [-0.05, 0) is 30.2 Å². The van der Waals surface area contributed by atoms with E-state index in [1.807, 2.05) is 0 Å². The van der Waals surface area contributed by atoms with E-state index in [4.69, 9.17) is 5.11 Å². The van der Waals surface area contributed by atoms with Crippen molar-refractivity contribution in [2.75, 3.05) is 5.75 Å². The lowest BCUT2D eigenvalue weighted by Gasteiger charge is -2.04. The second kappa shape index (κ2) is 6.53. The molecule has 1 rings (SSSR count). The Labute approximate surface area is 100 Å². The van der Waals surface area contributed by atoms with Crippen LogP contribution in [0.15, 0.2) is 23.4 Å². The zero-order valence-electron chi connectivity index (χ0n) is 9.64. The molecule has 3 nitrogen and oxygen atoms in total. The fraction of sp³-hybridized carbons (Fsp3) is 0.500. The fourth-order valence-electron chi connectivity index (χ4n) is 1.29. The highest BCUT2D eigenvalue weighted by Gasteiger charge is 2.04. The van der Waals surface area contributed by atoms with E-state index in [1.165, 1.54) is 12.5 Å². The highest BCUT2D eigenvalue weighted by molar-refractivity contribution is 7.99. The third kappa shape index (κ3) is 4.66. The Balaban J connectivity index is 2.42. The minimum absolute atomic E-state index is 0.307. The largest absolute Gasteiger partial charge is 0.478 e. The molecule has 1 aromatic heterocycles. The summed E-state index contributed by atoms with van der Waals surface area (Å²) in [6, 6.07) is 3.14. The maximum absolute atomic E-state index is 10.7. The number of hydrogen-bond donors (Lipinski definition) is 1. The Bertz CT molecular complexity index is 353. The summed E-state index contributed by atoms with van der Waals surface area (Å²) in [7, 11) is 0. The molecule has 0 aliphatic heterocycles. The van der Waals surface area contributed by atoms with Gasteiger partial charge in [0.2, 0.25) is 0 Å². The molecular formula is C12H17NO2S. The first kappa shape index (κ1) is 13.0. The van der Waals surface area contributed by atoms with E-state index < -0.39 is 5.97 Å². The number of carbonyl (C=O) groups is 1. The van der Waals surface area contributed by atoms with Crippen LogP contribution in [0.3, 0.4) is 0 Å². The fourth-order valence-corrected chi connectivity index (χ4v) is 2.16. The van der Waals surface area contributed by atoms with E-state index in [-0.39, 0.29) is 0 Å². The van der Waals surface area contributed by atoms with Crippen molar-refractivity contribution >= 4 is 17.7 Å². The Morgan fingerprint density at radius 2 is 2.31 bits per heavy atom. The molecule has 0 aromatic carbocycles. The molecule has 0 aliphatic rings. The van der Waals surface area contributed by atoms with Crippen molar-refractivity contribution in [2.45, 2.75) is 31.7 Å². The zero-order chi connectivity index (χ0) is 12.0. The van der Waals surface area contributed by atoms with E-state index in [0.717, 1.165) is 23.1 Å². The summed E-state index contributed by atoms with van der Waals surface area (Å²) < 4.78 is 0. The predicted octanol–water partition coefficient (Wildman–Crippen LogP) is 3.31. The van der Waals surface area contributed by atoms with Crippen LogP contribution in [0.1, 0.15) is 37.0 Å². The number of nitrogens with zero attached hydrogens (tertiary/aromatic N) is 1. The Hall–Kier alpha value is -1.03. The van der Waals surface area contributed by atoms with Gasteiger partial charge in [0.1, 0.15) is 0 Å². The van der Waals surface area contributed by atoms with E-state index in [2.05, 4.69) is 18.8 Å². The van der Waals surface area contributed by atoms with Crippen LogP contribution in [0.5, 0.6) is 0 Å². The van der Waals surface area contributed by atoms with Gasteiger partial charge in [-0.2, -0.15) is 0 Å². The molecule has 0 bridgehead atoms. The van der Waals surface area contributed by atoms with E-state index >= 15 is 0 Å². The number of pyridine rings is 1. The van der Waals surface area contributed by atoms with Gasteiger partial charge >= 0.3 is 5.97 Å². The smallest absolute Gasteiger partial charge is 0.335 e. The summed E-state index contributed by atoms with van der Waals surface area (Å²) in [6.45, 7) is 4.40. The number of carboxylic acid groups (broad SMARTS) is 1. The number of aromatic nitrogens is 1. The molecule has 88 valence electrons. The first-order chi connectivity index (χ1) is 7.59. The molecular weight excluding hydrogens is 222 g/mol. The molecule has 0 amide bonds. The van der Waals surface area contributed by atoms with Gasteiger partial charge in [-0.3, -0.25) is 0 Å². The van der Waals surface area contributed by atoms with E-state index in [9.17, 15) is 4.79 Å². The number of thioether (sulfide) groups is 1. The highest BCUT2D eigenvalue weighted by Crippen LogP contribution is 2.19. The number of hydrogen-bond acceptors (Lipinski definition) is 3. The van der Waals surface area contributed by atoms with Crippen molar-refractivity contribution < 1.29 is 9.90 Å². The van der Waals surface area contributed by atoms with Crippen molar-refractivity contribution in [3.63, 3.8) is 0 Å². The van der Waals surface area contributed by atoms with Crippen molar-refractivity contribution in [3.8, 4) is 0 Å². The highest BCUT2D eigenvalue weighted by atomic mass is 32.2. The van der Waals surface area contributed by atoms with E-state index in [1.54, 1.807) is 24.0 Å². The van der Waals surface area contributed by atoms with Crippen LogP contribution >= 0.6 is 11.8 Å². The topological polar surface area (TPSA) is 50.2 Å². The molecule has 4 heteroatoms. The summed E-state index contributed by atoms with van der Waals surface area (Å²) in [5, 5.41) is 9.61. The summed E-state index contributed by atoms with van der Waals surface area (Å²) in [6.07, 6.45) is 3.89. The average molecular weight is 239 g/mol. The summed E-state index contributed by atoms with van der Waals surface area (Å²) in [4.78, 5) is 14.9. The summed E-state index contributed by atoms with van der Waals surface area (Å²) in [5.41, 5.74) is 0.307. The molecule has 0 saturated heterocycles. The van der Waals surface area contributed by atoms with Crippen molar-refractivity contribution in [1.82, 2.24) is 4.98 Å². The molecule has 1 aromatic rings. The molecule has 16 heavy (non-hydrogen) atoms. The van der Waals surface area contributed by atoms with Crippen LogP contribution in [0.25, 0.3) is 0 Å². The first-order valence-electron chi connectivity index (χ1n) is 5.41. The molecule has 0 saturated carbocycles. The molecule has 0 aliphatic carbocycles. The first-order valence-corrected chi connectivity index (χ1v) is 6.40. The minimum Gasteiger partial charge on any atom is -0.478 e. The normalized spacial score (nSPS) is 10.7. The van der Waals surface area contributed by atoms with Gasteiger partial charge in [0, 0.05) is 6.20 Å². The molecule has 0 fully saturated rings. The van der Waals surface area contributed by atoms with Gasteiger partial charge in [0.15, 0.2) is 0 Å². The summed E-state index contributed by atoms with van der Waals surface area (Å²) >= 11 is 1.62. The van der Waals surface area contributed by atoms with Crippen molar-refractivity contribution in [1.29, 1.82) is 0 Å². The van der Waals surface area contributed by atoms with Gasteiger partial charge in [-0.1, -0.05) is 20.3 Å². The van der Waals surface area contributed by atoms with Crippen LogP contribution in [0, 0.1) is 5.92 Å². The van der Waals surface area contributed by atoms with Gasteiger partial charge in [0.25, 0.3) is 0 Å². The maximum Gasteiger partial charge on any atom is 0.335 e. The standard InChI is InChI=1S/C12H17NO2S/c1-9(2)4-3-7-16-11-8-10(12(14)15)5-6-13-11/h5-6,8-9H,3-4,7H2,1-2H3,(H,14,15). The molecule has 0 radical (unpaired) electrons. The Kier molecular flexibility index (Phi) is 5.32. The lowest BCUT2D eigenvalue weighted by molar-refractivity contribution is 0.0696. The molecule has 0 spiro atoms. The van der Waals surface area contributed by atoms with Crippen molar-refractivity contribution in [3.05, 3.63) is 23.9 Å². The molecule has 1 heterocycles.